The number of piperazine rings is 1. The van der Waals surface area contributed by atoms with Crippen molar-refractivity contribution in [2.75, 3.05) is 38.1 Å². The zero-order valence-electron chi connectivity index (χ0n) is 17.1. The molecule has 3 aromatic heterocycles. The fraction of sp³-hybridized carbons (Fsp3) is 0.304. The van der Waals surface area contributed by atoms with E-state index in [2.05, 4.69) is 62.3 Å². The molecule has 1 aliphatic rings. The minimum Gasteiger partial charge on any atom is -0.369 e. The molecule has 0 spiro atoms. The van der Waals surface area contributed by atoms with Gasteiger partial charge in [0.05, 0.1) is 5.69 Å². The normalized spacial score (nSPS) is 15.3. The Morgan fingerprint density at radius 1 is 1.00 bits per heavy atom. The van der Waals surface area contributed by atoms with Gasteiger partial charge in [-0.3, -0.25) is 0 Å². The third-order valence-corrected chi connectivity index (χ3v) is 5.90. The number of hydrogen-bond acceptors (Lipinski definition) is 5. The molecular weight excluding hydrogens is 362 g/mol. The molecule has 1 aliphatic heterocycles. The number of aryl methyl sites for hydroxylation is 2. The van der Waals surface area contributed by atoms with Crippen molar-refractivity contribution in [2.24, 2.45) is 0 Å². The lowest BCUT2D eigenvalue weighted by molar-refractivity contribution is 0.313. The quantitative estimate of drug-likeness (QED) is 0.569. The van der Waals surface area contributed by atoms with Gasteiger partial charge in [0.2, 0.25) is 0 Å². The van der Waals surface area contributed by atoms with Crippen LogP contribution >= 0.6 is 0 Å². The highest BCUT2D eigenvalue weighted by Crippen LogP contribution is 2.34. The molecule has 4 heterocycles. The van der Waals surface area contributed by atoms with Gasteiger partial charge in [0.25, 0.3) is 0 Å². The lowest BCUT2D eigenvalue weighted by Crippen LogP contribution is -2.44. The molecule has 0 radical (unpaired) electrons. The summed E-state index contributed by atoms with van der Waals surface area (Å²) < 4.78 is 5.37. The Hall–Kier alpha value is -3.12. The topological polar surface area (TPSA) is 61.2 Å². The predicted octanol–water partition coefficient (Wildman–Crippen LogP) is 4.25. The van der Waals surface area contributed by atoms with E-state index in [-0.39, 0.29) is 0 Å². The van der Waals surface area contributed by atoms with Crippen molar-refractivity contribution in [3.8, 4) is 22.3 Å². The second-order valence-electron chi connectivity index (χ2n) is 7.86. The van der Waals surface area contributed by atoms with E-state index in [0.29, 0.717) is 0 Å². The Kier molecular flexibility index (Phi) is 4.36. The van der Waals surface area contributed by atoms with Crippen LogP contribution in [0.3, 0.4) is 0 Å². The van der Waals surface area contributed by atoms with Crippen molar-refractivity contribution in [1.82, 2.24) is 20.0 Å². The minimum absolute atomic E-state index is 0.824. The minimum atomic E-state index is 0.824. The Labute approximate surface area is 170 Å². The molecule has 29 heavy (non-hydrogen) atoms. The number of nitrogens with zero attached hydrogens (tertiary/aromatic N) is 4. The molecule has 0 bridgehead atoms. The highest BCUT2D eigenvalue weighted by molar-refractivity contribution is 5.96. The van der Waals surface area contributed by atoms with Crippen LogP contribution in [0.25, 0.3) is 33.3 Å². The van der Waals surface area contributed by atoms with Crippen LogP contribution in [-0.4, -0.2) is 53.3 Å². The molecule has 0 amide bonds. The number of anilines is 1. The van der Waals surface area contributed by atoms with E-state index in [1.165, 1.54) is 11.3 Å². The number of rotatable bonds is 3. The lowest BCUT2D eigenvalue weighted by Gasteiger charge is -2.34. The van der Waals surface area contributed by atoms with Gasteiger partial charge in [-0.25, -0.2) is 4.98 Å². The highest BCUT2D eigenvalue weighted by Gasteiger charge is 2.17. The van der Waals surface area contributed by atoms with Crippen molar-refractivity contribution >= 4 is 16.7 Å². The van der Waals surface area contributed by atoms with E-state index in [1.807, 2.05) is 26.2 Å². The summed E-state index contributed by atoms with van der Waals surface area (Å²) in [5.74, 6) is 0.824. The van der Waals surface area contributed by atoms with Crippen molar-refractivity contribution in [3.05, 3.63) is 54.2 Å². The summed E-state index contributed by atoms with van der Waals surface area (Å²) in [5, 5.41) is 5.18. The fourth-order valence-corrected chi connectivity index (χ4v) is 4.16. The molecule has 6 nitrogen and oxygen atoms in total. The molecular formula is C23H25N5O. The first-order chi connectivity index (χ1) is 14.1. The van der Waals surface area contributed by atoms with E-state index >= 15 is 0 Å². The van der Waals surface area contributed by atoms with Crippen LogP contribution in [0, 0.1) is 13.8 Å². The summed E-state index contributed by atoms with van der Waals surface area (Å²) in [4.78, 5) is 12.7. The van der Waals surface area contributed by atoms with Gasteiger partial charge in [-0.2, -0.15) is 0 Å². The lowest BCUT2D eigenvalue weighted by atomic mass is 10.0. The van der Waals surface area contributed by atoms with E-state index in [9.17, 15) is 0 Å². The number of hydrogen-bond donors (Lipinski definition) is 1. The average Bonchev–Trinajstić information content (AvgIpc) is 3.30. The van der Waals surface area contributed by atoms with E-state index in [1.54, 1.807) is 0 Å². The largest absolute Gasteiger partial charge is 0.369 e. The number of H-pyrrole nitrogens is 1. The molecule has 6 heteroatoms. The second kappa shape index (κ2) is 7.04. The number of aromatic nitrogens is 3. The molecule has 1 saturated heterocycles. The zero-order valence-corrected chi connectivity index (χ0v) is 17.1. The van der Waals surface area contributed by atoms with Gasteiger partial charge < -0.3 is 19.3 Å². The Balaban J connectivity index is 1.48. The Bertz CT molecular complexity index is 1130. The molecule has 0 unspecified atom stereocenters. The molecule has 0 atom stereocenters. The van der Waals surface area contributed by atoms with Crippen LogP contribution in [0.1, 0.15) is 11.5 Å². The van der Waals surface area contributed by atoms with Crippen LogP contribution in [0.15, 0.2) is 47.2 Å². The molecule has 148 valence electrons. The first kappa shape index (κ1) is 17.9. The number of fused-ring (bicyclic) bond motifs is 1. The van der Waals surface area contributed by atoms with Crippen LogP contribution in [0.4, 0.5) is 5.69 Å². The maximum atomic E-state index is 5.37. The smallest absolute Gasteiger partial charge is 0.141 e. The molecule has 1 N–H and O–H groups in total. The summed E-state index contributed by atoms with van der Waals surface area (Å²) in [6.45, 7) is 8.29. The standard InChI is InChI=1S/C23H25N5O/c1-15-22(16(2)29-26-15)21-14-25-23-20(21)12-18(13-24-23)17-4-6-19(7-5-17)28-10-8-27(3)9-11-28/h4-7,12-14H,8-11H2,1-3H3,(H,24,25). The van der Waals surface area contributed by atoms with Crippen molar-refractivity contribution in [2.45, 2.75) is 13.8 Å². The van der Waals surface area contributed by atoms with Crippen LogP contribution in [-0.2, 0) is 0 Å². The summed E-state index contributed by atoms with van der Waals surface area (Å²) in [6, 6.07) is 11.0. The van der Waals surface area contributed by atoms with Crippen LogP contribution in [0.2, 0.25) is 0 Å². The predicted molar refractivity (Wildman–Crippen MR) is 116 cm³/mol. The van der Waals surface area contributed by atoms with Gasteiger partial charge >= 0.3 is 0 Å². The van der Waals surface area contributed by atoms with E-state index < -0.39 is 0 Å². The second-order valence-corrected chi connectivity index (χ2v) is 7.86. The average molecular weight is 387 g/mol. The maximum Gasteiger partial charge on any atom is 0.141 e. The van der Waals surface area contributed by atoms with Crippen molar-refractivity contribution < 1.29 is 4.52 Å². The first-order valence-corrected chi connectivity index (χ1v) is 10.0. The van der Waals surface area contributed by atoms with Gasteiger partial charge in [-0.15, -0.1) is 0 Å². The third kappa shape index (κ3) is 3.19. The van der Waals surface area contributed by atoms with Gasteiger partial charge in [-0.1, -0.05) is 17.3 Å². The molecule has 0 aliphatic carbocycles. The zero-order chi connectivity index (χ0) is 20.0. The van der Waals surface area contributed by atoms with Crippen LogP contribution < -0.4 is 4.90 Å². The summed E-state index contributed by atoms with van der Waals surface area (Å²) >= 11 is 0. The number of benzene rings is 1. The van der Waals surface area contributed by atoms with Gasteiger partial charge in [0.1, 0.15) is 11.4 Å². The third-order valence-electron chi connectivity index (χ3n) is 5.90. The van der Waals surface area contributed by atoms with Crippen molar-refractivity contribution in [3.63, 3.8) is 0 Å². The fourth-order valence-electron chi connectivity index (χ4n) is 4.16. The first-order valence-electron chi connectivity index (χ1n) is 10.0. The van der Waals surface area contributed by atoms with E-state index in [0.717, 1.165) is 65.4 Å². The Morgan fingerprint density at radius 2 is 1.76 bits per heavy atom. The van der Waals surface area contributed by atoms with Crippen molar-refractivity contribution in [1.29, 1.82) is 0 Å². The van der Waals surface area contributed by atoms with Gasteiger partial charge in [0.15, 0.2) is 0 Å². The number of nitrogens with one attached hydrogen (secondary N) is 1. The number of aromatic amines is 1. The van der Waals surface area contributed by atoms with Gasteiger partial charge in [-0.05, 0) is 44.7 Å². The SMILES string of the molecule is Cc1noc(C)c1-c1c[nH]c2ncc(-c3ccc(N4CCN(C)CC4)cc3)cc12. The summed E-state index contributed by atoms with van der Waals surface area (Å²) in [6.07, 6.45) is 3.92. The molecule has 0 saturated carbocycles. The monoisotopic (exact) mass is 387 g/mol. The summed E-state index contributed by atoms with van der Waals surface area (Å²) in [5.41, 5.74) is 7.45. The van der Waals surface area contributed by atoms with Gasteiger partial charge in [0, 0.05) is 66.3 Å². The van der Waals surface area contributed by atoms with Crippen LogP contribution in [0.5, 0.6) is 0 Å². The maximum absolute atomic E-state index is 5.37. The Morgan fingerprint density at radius 3 is 2.45 bits per heavy atom. The molecule has 5 rings (SSSR count). The summed E-state index contributed by atoms with van der Waals surface area (Å²) in [7, 11) is 2.18. The highest BCUT2D eigenvalue weighted by atomic mass is 16.5. The molecule has 1 aromatic carbocycles. The number of likely N-dealkylation sites (N-methyl/N-ethyl adjacent to an activating group) is 1. The molecule has 1 fully saturated rings. The number of pyridine rings is 1. The van der Waals surface area contributed by atoms with E-state index in [4.69, 9.17) is 4.52 Å². The molecule has 4 aromatic rings.